The van der Waals surface area contributed by atoms with Crippen molar-refractivity contribution < 1.29 is 4.74 Å². The highest BCUT2D eigenvalue weighted by Crippen LogP contribution is 2.50. The molecule has 3 aliphatic carbocycles. The van der Waals surface area contributed by atoms with E-state index in [0.29, 0.717) is 11.5 Å². The predicted octanol–water partition coefficient (Wildman–Crippen LogP) is 6.65. The maximum atomic E-state index is 6.18. The molecule has 0 aromatic heterocycles. The minimum Gasteiger partial charge on any atom is -0.378 e. The normalized spacial score (nSPS) is 40.3. The van der Waals surface area contributed by atoms with E-state index in [2.05, 4.69) is 13.8 Å². The fraction of sp³-hybridized carbons (Fsp3) is 1.00. The van der Waals surface area contributed by atoms with Gasteiger partial charge < -0.3 is 4.74 Å². The Morgan fingerprint density at radius 1 is 0.760 bits per heavy atom. The smallest absolute Gasteiger partial charge is 0.0575 e. The van der Waals surface area contributed by atoms with Gasteiger partial charge >= 0.3 is 0 Å². The fourth-order valence-electron chi connectivity index (χ4n) is 5.78. The molecule has 144 valence electrons. The van der Waals surface area contributed by atoms with E-state index in [0.717, 1.165) is 35.9 Å². The maximum Gasteiger partial charge on any atom is 0.0575 e. The summed E-state index contributed by atoms with van der Waals surface area (Å²) in [6.07, 6.45) is 19.7. The first-order valence-electron chi connectivity index (χ1n) is 11.5. The Kier molecular flexibility index (Phi) is 6.13. The molecule has 25 heavy (non-hydrogen) atoms. The van der Waals surface area contributed by atoms with Crippen molar-refractivity contribution >= 4 is 8.58 Å². The lowest BCUT2D eigenvalue weighted by Crippen LogP contribution is -2.38. The van der Waals surface area contributed by atoms with Gasteiger partial charge in [0.2, 0.25) is 0 Å². The quantitative estimate of drug-likeness (QED) is 0.438. The van der Waals surface area contributed by atoms with Gasteiger partial charge in [-0.3, -0.25) is 0 Å². The standard InChI is InChI=1S/C23H41OP/c1-23(2,19-8-5-17(6-9-19)7-14-22-16-25-22)20-10-12-21(13-11-20)24-15-18-3-4-18/h17-22,25H,3-16H2,1-2H3. The molecule has 2 unspecified atom stereocenters. The van der Waals surface area contributed by atoms with Crippen LogP contribution in [0.3, 0.4) is 0 Å². The zero-order chi connectivity index (χ0) is 17.3. The minimum absolute atomic E-state index is 0.560. The fourth-order valence-corrected chi connectivity index (χ4v) is 6.52. The number of hydrogen-bond donors (Lipinski definition) is 0. The molecule has 0 spiro atoms. The summed E-state index contributed by atoms with van der Waals surface area (Å²) in [5, 5.41) is 0. The van der Waals surface area contributed by atoms with Crippen LogP contribution in [0.15, 0.2) is 0 Å². The monoisotopic (exact) mass is 364 g/mol. The molecule has 0 aromatic rings. The molecule has 1 nitrogen and oxygen atoms in total. The Balaban J connectivity index is 1.18. The van der Waals surface area contributed by atoms with Crippen LogP contribution in [-0.4, -0.2) is 24.5 Å². The zero-order valence-electron chi connectivity index (χ0n) is 16.8. The molecule has 2 heteroatoms. The molecule has 0 aromatic carbocycles. The Hall–Kier alpha value is 0.390. The Labute approximate surface area is 158 Å². The van der Waals surface area contributed by atoms with E-state index in [4.69, 9.17) is 4.74 Å². The van der Waals surface area contributed by atoms with Crippen molar-refractivity contribution in [2.24, 2.45) is 29.1 Å². The molecule has 2 atom stereocenters. The highest BCUT2D eigenvalue weighted by Gasteiger charge is 2.40. The summed E-state index contributed by atoms with van der Waals surface area (Å²) in [7, 11) is 1.32. The lowest BCUT2D eigenvalue weighted by Gasteiger charge is -2.46. The van der Waals surface area contributed by atoms with Gasteiger partial charge in [0.05, 0.1) is 6.10 Å². The second-order valence-corrected chi connectivity index (χ2v) is 12.1. The van der Waals surface area contributed by atoms with Crippen molar-refractivity contribution in [1.82, 2.24) is 0 Å². The van der Waals surface area contributed by atoms with Crippen molar-refractivity contribution in [2.45, 2.75) is 103 Å². The van der Waals surface area contributed by atoms with Crippen molar-refractivity contribution in [3.63, 3.8) is 0 Å². The van der Waals surface area contributed by atoms with Crippen LogP contribution < -0.4 is 0 Å². The Morgan fingerprint density at radius 2 is 1.32 bits per heavy atom. The van der Waals surface area contributed by atoms with E-state index in [9.17, 15) is 0 Å². The third-order valence-electron chi connectivity index (χ3n) is 8.31. The highest BCUT2D eigenvalue weighted by atomic mass is 31.1. The number of ether oxygens (including phenoxy) is 1. The van der Waals surface area contributed by atoms with Gasteiger partial charge in [0, 0.05) is 6.61 Å². The van der Waals surface area contributed by atoms with Crippen LogP contribution in [0.1, 0.15) is 90.9 Å². The van der Waals surface area contributed by atoms with Crippen molar-refractivity contribution in [3.8, 4) is 0 Å². The first kappa shape index (κ1) is 18.7. The molecule has 4 fully saturated rings. The summed E-state index contributed by atoms with van der Waals surface area (Å²) >= 11 is 0. The Bertz CT molecular complexity index is 372. The average Bonchev–Trinajstić information content (AvgIpc) is 3.54. The molecule has 0 amide bonds. The second kappa shape index (κ2) is 8.18. The van der Waals surface area contributed by atoms with Crippen LogP contribution in [0.2, 0.25) is 0 Å². The molecule has 4 aliphatic rings. The summed E-state index contributed by atoms with van der Waals surface area (Å²) in [6, 6.07) is 0. The first-order chi connectivity index (χ1) is 12.1. The molecule has 3 saturated carbocycles. The third-order valence-corrected chi connectivity index (χ3v) is 9.58. The molecule has 1 heterocycles. The van der Waals surface area contributed by atoms with Gasteiger partial charge in [-0.2, -0.15) is 0 Å². The van der Waals surface area contributed by atoms with Crippen LogP contribution in [0.5, 0.6) is 0 Å². The molecular weight excluding hydrogens is 323 g/mol. The molecule has 0 radical (unpaired) electrons. The molecule has 4 rings (SSSR count). The van der Waals surface area contributed by atoms with E-state index >= 15 is 0 Å². The molecule has 1 aliphatic heterocycles. The van der Waals surface area contributed by atoms with Crippen molar-refractivity contribution in [2.75, 3.05) is 12.8 Å². The van der Waals surface area contributed by atoms with Gasteiger partial charge in [0.1, 0.15) is 0 Å². The van der Waals surface area contributed by atoms with Gasteiger partial charge in [-0.05, 0) is 105 Å². The van der Waals surface area contributed by atoms with Crippen LogP contribution in [-0.2, 0) is 4.74 Å². The van der Waals surface area contributed by atoms with Crippen molar-refractivity contribution in [3.05, 3.63) is 0 Å². The van der Waals surface area contributed by atoms with E-state index in [-0.39, 0.29) is 0 Å². The SMILES string of the molecule is CC(C)(C1CCC(CCC2CP2)CC1)C1CCC(OCC2CC2)CC1. The van der Waals surface area contributed by atoms with Gasteiger partial charge in [-0.1, -0.05) is 26.7 Å². The average molecular weight is 365 g/mol. The summed E-state index contributed by atoms with van der Waals surface area (Å²) in [5.41, 5.74) is 1.72. The third kappa shape index (κ3) is 5.22. The zero-order valence-corrected chi connectivity index (χ0v) is 17.8. The van der Waals surface area contributed by atoms with Crippen LogP contribution in [0, 0.1) is 29.1 Å². The first-order valence-corrected chi connectivity index (χ1v) is 12.7. The number of rotatable bonds is 8. The van der Waals surface area contributed by atoms with Gasteiger partial charge in [-0.25, -0.2) is 0 Å². The minimum atomic E-state index is 0.560. The van der Waals surface area contributed by atoms with Crippen LogP contribution in [0.25, 0.3) is 0 Å². The highest BCUT2D eigenvalue weighted by molar-refractivity contribution is 7.47. The van der Waals surface area contributed by atoms with Crippen molar-refractivity contribution in [1.29, 1.82) is 0 Å². The van der Waals surface area contributed by atoms with E-state index in [1.54, 1.807) is 19.0 Å². The number of hydrogen-bond acceptors (Lipinski definition) is 1. The summed E-state index contributed by atoms with van der Waals surface area (Å²) < 4.78 is 6.18. The van der Waals surface area contributed by atoms with Gasteiger partial charge in [-0.15, -0.1) is 8.58 Å². The van der Waals surface area contributed by atoms with Gasteiger partial charge in [0.25, 0.3) is 0 Å². The Morgan fingerprint density at radius 3 is 1.88 bits per heavy atom. The molecule has 1 saturated heterocycles. The molecule has 0 N–H and O–H groups in total. The lowest BCUT2D eigenvalue weighted by atomic mass is 9.59. The molecular formula is C23H41OP. The second-order valence-electron chi connectivity index (χ2n) is 10.5. The van der Waals surface area contributed by atoms with E-state index < -0.39 is 0 Å². The summed E-state index contributed by atoms with van der Waals surface area (Å²) in [4.78, 5) is 0. The lowest BCUT2D eigenvalue weighted by molar-refractivity contribution is -0.0214. The maximum absolute atomic E-state index is 6.18. The van der Waals surface area contributed by atoms with Crippen LogP contribution >= 0.6 is 8.58 Å². The molecule has 0 bridgehead atoms. The predicted molar refractivity (Wildman–Crippen MR) is 110 cm³/mol. The van der Waals surface area contributed by atoms with E-state index in [1.807, 2.05) is 0 Å². The summed E-state index contributed by atoms with van der Waals surface area (Å²) in [5.74, 6) is 3.93. The van der Waals surface area contributed by atoms with Gasteiger partial charge in [0.15, 0.2) is 0 Å². The topological polar surface area (TPSA) is 9.23 Å². The summed E-state index contributed by atoms with van der Waals surface area (Å²) in [6.45, 7) is 6.28. The van der Waals surface area contributed by atoms with Crippen LogP contribution in [0.4, 0.5) is 0 Å². The van der Waals surface area contributed by atoms with E-state index in [1.165, 1.54) is 72.8 Å². The largest absolute Gasteiger partial charge is 0.378 e.